The molecule has 0 saturated carbocycles. The van der Waals surface area contributed by atoms with Crippen LogP contribution in [-0.2, 0) is 9.47 Å². The van der Waals surface area contributed by atoms with E-state index in [9.17, 15) is 5.11 Å². The van der Waals surface area contributed by atoms with Gasteiger partial charge in [-0.15, -0.1) is 0 Å². The van der Waals surface area contributed by atoms with Gasteiger partial charge in [0.15, 0.2) is 0 Å². The average molecular weight is 274 g/mol. The molecule has 0 aliphatic carbocycles. The van der Waals surface area contributed by atoms with Crippen LogP contribution in [0.4, 0.5) is 0 Å². The average Bonchev–Trinajstić information content (AvgIpc) is 2.37. The monoisotopic (exact) mass is 274 g/mol. The molecule has 0 bridgehead atoms. The third-order valence-electron chi connectivity index (χ3n) is 3.56. The summed E-state index contributed by atoms with van der Waals surface area (Å²) < 4.78 is 10.5. The van der Waals surface area contributed by atoms with Crippen molar-refractivity contribution in [3.63, 3.8) is 0 Å². The maximum absolute atomic E-state index is 9.74. The first-order valence-corrected chi connectivity index (χ1v) is 7.34. The summed E-state index contributed by atoms with van der Waals surface area (Å²) in [5.41, 5.74) is 0. The van der Waals surface area contributed by atoms with Crippen molar-refractivity contribution in [1.82, 2.24) is 10.2 Å². The molecule has 1 rings (SSSR count). The number of likely N-dealkylation sites (N-methyl/N-ethyl adjacent to an activating group) is 1. The number of methoxy groups -OCH3 is 1. The molecule has 5 nitrogen and oxygen atoms in total. The lowest BCUT2D eigenvalue weighted by Crippen LogP contribution is -2.48. The van der Waals surface area contributed by atoms with E-state index in [-0.39, 0.29) is 0 Å². The van der Waals surface area contributed by atoms with E-state index in [0.717, 1.165) is 39.1 Å². The maximum atomic E-state index is 9.74. The molecule has 1 saturated heterocycles. The molecule has 3 atom stereocenters. The molecule has 1 fully saturated rings. The molecule has 1 heterocycles. The standard InChI is InChI=1S/C14H30N2O3/c1-4-6-15-14-5-7-19-10-12(14)8-16(2)9-13(17)11-18-3/h12-15,17H,4-11H2,1-3H3. The zero-order valence-corrected chi connectivity index (χ0v) is 12.6. The third-order valence-corrected chi connectivity index (χ3v) is 3.56. The molecule has 3 unspecified atom stereocenters. The van der Waals surface area contributed by atoms with Gasteiger partial charge in [0, 0.05) is 38.8 Å². The lowest BCUT2D eigenvalue weighted by Gasteiger charge is -2.35. The number of aliphatic hydroxyl groups is 1. The van der Waals surface area contributed by atoms with Crippen LogP contribution >= 0.6 is 0 Å². The van der Waals surface area contributed by atoms with Gasteiger partial charge >= 0.3 is 0 Å². The smallest absolute Gasteiger partial charge is 0.0899 e. The summed E-state index contributed by atoms with van der Waals surface area (Å²) in [6, 6.07) is 0.538. The van der Waals surface area contributed by atoms with E-state index >= 15 is 0 Å². The van der Waals surface area contributed by atoms with Crippen molar-refractivity contribution >= 4 is 0 Å². The van der Waals surface area contributed by atoms with Crippen molar-refractivity contribution in [2.24, 2.45) is 5.92 Å². The van der Waals surface area contributed by atoms with Crippen LogP contribution in [0.3, 0.4) is 0 Å². The number of aliphatic hydroxyl groups excluding tert-OH is 1. The van der Waals surface area contributed by atoms with E-state index in [2.05, 4.69) is 17.1 Å². The quantitative estimate of drug-likeness (QED) is 0.635. The van der Waals surface area contributed by atoms with Crippen LogP contribution in [0.15, 0.2) is 0 Å². The van der Waals surface area contributed by atoms with Gasteiger partial charge in [-0.2, -0.15) is 0 Å². The second-order valence-corrected chi connectivity index (χ2v) is 5.51. The molecule has 5 heteroatoms. The van der Waals surface area contributed by atoms with Crippen molar-refractivity contribution in [2.45, 2.75) is 31.9 Å². The van der Waals surface area contributed by atoms with Crippen molar-refractivity contribution in [1.29, 1.82) is 0 Å². The lowest BCUT2D eigenvalue weighted by molar-refractivity contribution is 0.00495. The number of rotatable bonds is 9. The van der Waals surface area contributed by atoms with Crippen LogP contribution in [0.1, 0.15) is 19.8 Å². The molecule has 0 amide bonds. The number of nitrogens with one attached hydrogen (secondary N) is 1. The summed E-state index contributed by atoms with van der Waals surface area (Å²) in [5.74, 6) is 0.500. The van der Waals surface area contributed by atoms with E-state index < -0.39 is 6.10 Å². The summed E-state index contributed by atoms with van der Waals surface area (Å²) in [4.78, 5) is 2.17. The fraction of sp³-hybridized carbons (Fsp3) is 1.00. The van der Waals surface area contributed by atoms with Crippen LogP contribution in [0.5, 0.6) is 0 Å². The minimum Gasteiger partial charge on any atom is -0.389 e. The largest absolute Gasteiger partial charge is 0.389 e. The third kappa shape index (κ3) is 6.68. The Morgan fingerprint density at radius 3 is 3.00 bits per heavy atom. The predicted octanol–water partition coefficient (Wildman–Crippen LogP) is 0.330. The van der Waals surface area contributed by atoms with Crippen LogP contribution in [-0.4, -0.2) is 75.8 Å². The van der Waals surface area contributed by atoms with Crippen LogP contribution in [0, 0.1) is 5.92 Å². The Hall–Kier alpha value is -0.200. The van der Waals surface area contributed by atoms with Crippen LogP contribution in [0.25, 0.3) is 0 Å². The molecular weight excluding hydrogens is 244 g/mol. The molecule has 0 aromatic heterocycles. The summed E-state index contributed by atoms with van der Waals surface area (Å²) >= 11 is 0. The zero-order chi connectivity index (χ0) is 14.1. The highest BCUT2D eigenvalue weighted by Gasteiger charge is 2.26. The first kappa shape index (κ1) is 16.9. The minimum atomic E-state index is -0.415. The Bertz CT molecular complexity index is 229. The summed E-state index contributed by atoms with van der Waals surface area (Å²) in [6.45, 7) is 6.90. The van der Waals surface area contributed by atoms with E-state index in [1.54, 1.807) is 7.11 Å². The molecule has 2 N–H and O–H groups in total. The van der Waals surface area contributed by atoms with Gasteiger partial charge in [0.1, 0.15) is 0 Å². The second kappa shape index (κ2) is 9.66. The molecule has 0 spiro atoms. The van der Waals surface area contributed by atoms with Gasteiger partial charge in [0.2, 0.25) is 0 Å². The van der Waals surface area contributed by atoms with E-state index in [0.29, 0.717) is 25.1 Å². The molecule has 1 aliphatic rings. The van der Waals surface area contributed by atoms with Crippen LogP contribution in [0.2, 0.25) is 0 Å². The Morgan fingerprint density at radius 1 is 1.53 bits per heavy atom. The number of hydrogen-bond donors (Lipinski definition) is 2. The molecule has 1 aliphatic heterocycles. The number of hydrogen-bond acceptors (Lipinski definition) is 5. The zero-order valence-electron chi connectivity index (χ0n) is 12.6. The van der Waals surface area contributed by atoms with Crippen molar-refractivity contribution < 1.29 is 14.6 Å². The van der Waals surface area contributed by atoms with Gasteiger partial charge < -0.3 is 24.8 Å². The number of nitrogens with zero attached hydrogens (tertiary/aromatic N) is 1. The Balaban J connectivity index is 2.34. The first-order chi connectivity index (χ1) is 9.17. The Morgan fingerprint density at radius 2 is 2.32 bits per heavy atom. The topological polar surface area (TPSA) is 54.0 Å². The normalized spacial score (nSPS) is 25.7. The fourth-order valence-corrected chi connectivity index (χ4v) is 2.66. The molecule has 19 heavy (non-hydrogen) atoms. The summed E-state index contributed by atoms with van der Waals surface area (Å²) in [6.07, 6.45) is 1.83. The van der Waals surface area contributed by atoms with Crippen LogP contribution < -0.4 is 5.32 Å². The van der Waals surface area contributed by atoms with E-state index in [4.69, 9.17) is 9.47 Å². The van der Waals surface area contributed by atoms with Crippen molar-refractivity contribution in [3.8, 4) is 0 Å². The second-order valence-electron chi connectivity index (χ2n) is 5.51. The fourth-order valence-electron chi connectivity index (χ4n) is 2.66. The van der Waals surface area contributed by atoms with Gasteiger partial charge in [-0.25, -0.2) is 0 Å². The highest BCUT2D eigenvalue weighted by atomic mass is 16.5. The van der Waals surface area contributed by atoms with Gasteiger partial charge in [0.25, 0.3) is 0 Å². The van der Waals surface area contributed by atoms with E-state index in [1.807, 2.05) is 7.05 Å². The van der Waals surface area contributed by atoms with Gasteiger partial charge in [-0.05, 0) is 26.4 Å². The molecule has 0 aromatic carbocycles. The SMILES string of the molecule is CCCNC1CCOCC1CN(C)CC(O)COC. The van der Waals surface area contributed by atoms with Gasteiger partial charge in [-0.1, -0.05) is 6.92 Å². The molecule has 114 valence electrons. The molecular formula is C14H30N2O3. The lowest BCUT2D eigenvalue weighted by atomic mass is 9.95. The molecule has 0 aromatic rings. The predicted molar refractivity (Wildman–Crippen MR) is 76.4 cm³/mol. The van der Waals surface area contributed by atoms with Crippen molar-refractivity contribution in [3.05, 3.63) is 0 Å². The van der Waals surface area contributed by atoms with Crippen molar-refractivity contribution in [2.75, 3.05) is 53.6 Å². The minimum absolute atomic E-state index is 0.392. The highest BCUT2D eigenvalue weighted by Crippen LogP contribution is 2.16. The van der Waals surface area contributed by atoms with Gasteiger partial charge in [0.05, 0.1) is 19.3 Å². The maximum Gasteiger partial charge on any atom is 0.0899 e. The summed E-state index contributed by atoms with van der Waals surface area (Å²) in [7, 11) is 3.66. The Labute approximate surface area is 117 Å². The number of ether oxygens (including phenoxy) is 2. The first-order valence-electron chi connectivity index (χ1n) is 7.34. The van der Waals surface area contributed by atoms with E-state index in [1.165, 1.54) is 0 Å². The van der Waals surface area contributed by atoms with Gasteiger partial charge in [-0.3, -0.25) is 0 Å². The Kier molecular flexibility index (Phi) is 8.57. The molecule has 0 radical (unpaired) electrons. The summed E-state index contributed by atoms with van der Waals surface area (Å²) in [5, 5.41) is 13.4. The highest BCUT2D eigenvalue weighted by molar-refractivity contribution is 4.82.